The van der Waals surface area contributed by atoms with E-state index in [2.05, 4.69) is 12.1 Å². The van der Waals surface area contributed by atoms with Crippen molar-refractivity contribution in [2.24, 2.45) is 5.16 Å². The third-order valence-corrected chi connectivity index (χ3v) is 2.42. The maximum absolute atomic E-state index is 11.1. The summed E-state index contributed by atoms with van der Waals surface area (Å²) in [5.41, 5.74) is 1.61. The quantitative estimate of drug-likeness (QED) is 0.337. The lowest BCUT2D eigenvalue weighted by Crippen LogP contribution is -2.08. The number of ether oxygens (including phenoxy) is 1. The molecular formula is C14H19NO3. The molecule has 0 heterocycles. The van der Waals surface area contributed by atoms with Gasteiger partial charge in [0.25, 0.3) is 0 Å². The molecule has 0 N–H and O–H groups in total. The van der Waals surface area contributed by atoms with Crippen LogP contribution < -0.4 is 4.74 Å². The monoisotopic (exact) mass is 249 g/mol. The fourth-order valence-electron chi connectivity index (χ4n) is 1.63. The second kappa shape index (κ2) is 7.48. The van der Waals surface area contributed by atoms with E-state index in [9.17, 15) is 4.79 Å². The molecule has 98 valence electrons. The van der Waals surface area contributed by atoms with Crippen LogP contribution in [0.5, 0.6) is 5.75 Å². The first-order valence-corrected chi connectivity index (χ1v) is 6.06. The fraction of sp³-hybridized carbons (Fsp3) is 0.429. The first kappa shape index (κ1) is 14.2. The predicted octanol–water partition coefficient (Wildman–Crippen LogP) is 3.15. The van der Waals surface area contributed by atoms with Crippen molar-refractivity contribution in [3.63, 3.8) is 0 Å². The summed E-state index contributed by atoms with van der Waals surface area (Å²) >= 11 is 0. The van der Waals surface area contributed by atoms with E-state index in [4.69, 9.17) is 9.57 Å². The van der Waals surface area contributed by atoms with E-state index in [0.29, 0.717) is 5.75 Å². The minimum absolute atomic E-state index is 0.338. The molecule has 1 aromatic carbocycles. The summed E-state index contributed by atoms with van der Waals surface area (Å²) < 4.78 is 5.18. The maximum Gasteiger partial charge on any atom is 0.308 e. The molecule has 0 atom stereocenters. The molecule has 0 spiro atoms. The molecule has 4 heteroatoms. The summed E-state index contributed by atoms with van der Waals surface area (Å²) in [6.45, 7) is 3.50. The minimum atomic E-state index is -0.338. The molecule has 0 aliphatic rings. The number of rotatable bonds is 6. The Morgan fingerprint density at radius 2 is 2.06 bits per heavy atom. The van der Waals surface area contributed by atoms with Gasteiger partial charge in [-0.25, -0.2) is 0 Å². The lowest BCUT2D eigenvalue weighted by molar-refractivity contribution is -0.131. The van der Waals surface area contributed by atoms with Crippen LogP contribution in [0.25, 0.3) is 0 Å². The summed E-state index contributed by atoms with van der Waals surface area (Å²) in [7, 11) is 1.51. The highest BCUT2D eigenvalue weighted by molar-refractivity contribution is 6.03. The number of para-hydroxylation sites is 1. The lowest BCUT2D eigenvalue weighted by Gasteiger charge is -2.10. The van der Waals surface area contributed by atoms with Gasteiger partial charge in [0, 0.05) is 12.5 Å². The molecule has 4 nitrogen and oxygen atoms in total. The van der Waals surface area contributed by atoms with Gasteiger partial charge in [0.1, 0.15) is 12.9 Å². The summed E-state index contributed by atoms with van der Waals surface area (Å²) in [4.78, 5) is 15.9. The molecule has 0 amide bonds. The molecule has 0 aliphatic carbocycles. The third-order valence-electron chi connectivity index (χ3n) is 2.42. The maximum atomic E-state index is 11.1. The molecule has 0 aromatic heterocycles. The van der Waals surface area contributed by atoms with Gasteiger partial charge in [0.15, 0.2) is 0 Å². The van der Waals surface area contributed by atoms with Gasteiger partial charge in [-0.15, -0.1) is 0 Å². The number of nitrogens with zero attached hydrogens (tertiary/aromatic N) is 1. The van der Waals surface area contributed by atoms with Crippen molar-refractivity contribution in [1.82, 2.24) is 0 Å². The number of oxime groups is 1. The summed E-state index contributed by atoms with van der Waals surface area (Å²) in [6.07, 6.45) is 2.87. The highest BCUT2D eigenvalue weighted by Gasteiger charge is 2.12. The number of hydrogen-bond donors (Lipinski definition) is 0. The first-order valence-electron chi connectivity index (χ1n) is 6.06. The number of esters is 1. The molecule has 0 fully saturated rings. The van der Waals surface area contributed by atoms with Crippen molar-refractivity contribution >= 4 is 11.7 Å². The average molecular weight is 249 g/mol. The van der Waals surface area contributed by atoms with Crippen molar-refractivity contribution < 1.29 is 14.4 Å². The van der Waals surface area contributed by atoms with E-state index in [1.165, 1.54) is 14.0 Å². The molecule has 1 rings (SSSR count). The van der Waals surface area contributed by atoms with Crippen molar-refractivity contribution in [1.29, 1.82) is 0 Å². The van der Waals surface area contributed by atoms with Crippen LogP contribution in [0.4, 0.5) is 0 Å². The molecule has 0 saturated carbocycles. The Morgan fingerprint density at radius 3 is 2.67 bits per heavy atom. The van der Waals surface area contributed by atoms with Crippen molar-refractivity contribution in [3.8, 4) is 5.75 Å². The molecule has 0 aliphatic heterocycles. The number of hydrogen-bond acceptors (Lipinski definition) is 4. The van der Waals surface area contributed by atoms with Crippen LogP contribution in [0, 0.1) is 0 Å². The SMILES string of the molecule is CCCC/C(=N/OC)c1ccccc1OC(C)=O. The van der Waals surface area contributed by atoms with Crippen molar-refractivity contribution in [2.75, 3.05) is 7.11 Å². The number of benzene rings is 1. The Hall–Kier alpha value is -1.84. The molecule has 0 radical (unpaired) electrons. The second-order valence-electron chi connectivity index (χ2n) is 3.91. The molecule has 0 bridgehead atoms. The molecule has 0 saturated heterocycles. The molecular weight excluding hydrogens is 230 g/mol. The van der Waals surface area contributed by atoms with Crippen molar-refractivity contribution in [2.45, 2.75) is 33.1 Å². The summed E-state index contributed by atoms with van der Waals surface area (Å²) in [5.74, 6) is 0.187. The van der Waals surface area contributed by atoms with E-state index < -0.39 is 0 Å². The number of unbranched alkanes of at least 4 members (excludes halogenated alkanes) is 1. The standard InChI is InChI=1S/C14H19NO3/c1-4-5-9-13(15-17-3)12-8-6-7-10-14(12)18-11(2)16/h6-8,10H,4-5,9H2,1-3H3/b15-13-. The zero-order valence-electron chi connectivity index (χ0n) is 11.1. The Bertz CT molecular complexity index is 427. The van der Waals surface area contributed by atoms with E-state index in [1.807, 2.05) is 18.2 Å². The van der Waals surface area contributed by atoms with E-state index >= 15 is 0 Å². The van der Waals surface area contributed by atoms with Gasteiger partial charge >= 0.3 is 5.97 Å². The van der Waals surface area contributed by atoms with Gasteiger partial charge < -0.3 is 9.57 Å². The van der Waals surface area contributed by atoms with Gasteiger partial charge in [-0.1, -0.05) is 30.6 Å². The average Bonchev–Trinajstić information content (AvgIpc) is 2.35. The van der Waals surface area contributed by atoms with Crippen LogP contribution in [0.2, 0.25) is 0 Å². The van der Waals surface area contributed by atoms with Crippen LogP contribution in [-0.2, 0) is 9.63 Å². The van der Waals surface area contributed by atoms with Crippen LogP contribution in [0.3, 0.4) is 0 Å². The Morgan fingerprint density at radius 1 is 1.33 bits per heavy atom. The molecule has 18 heavy (non-hydrogen) atoms. The predicted molar refractivity (Wildman–Crippen MR) is 70.8 cm³/mol. The van der Waals surface area contributed by atoms with E-state index in [0.717, 1.165) is 30.5 Å². The highest BCUT2D eigenvalue weighted by Crippen LogP contribution is 2.21. The third kappa shape index (κ3) is 4.20. The van der Waals surface area contributed by atoms with E-state index in [-0.39, 0.29) is 5.97 Å². The van der Waals surface area contributed by atoms with Crippen LogP contribution >= 0.6 is 0 Å². The second-order valence-corrected chi connectivity index (χ2v) is 3.91. The zero-order valence-corrected chi connectivity index (χ0v) is 11.1. The van der Waals surface area contributed by atoms with Gasteiger partial charge in [-0.2, -0.15) is 0 Å². The Labute approximate surface area is 108 Å². The lowest BCUT2D eigenvalue weighted by atomic mass is 10.0. The summed E-state index contributed by atoms with van der Waals surface area (Å²) in [6, 6.07) is 7.35. The van der Waals surface area contributed by atoms with Crippen LogP contribution in [-0.4, -0.2) is 18.8 Å². The van der Waals surface area contributed by atoms with Crippen LogP contribution in [0.15, 0.2) is 29.4 Å². The fourth-order valence-corrected chi connectivity index (χ4v) is 1.63. The highest BCUT2D eigenvalue weighted by atomic mass is 16.6. The molecule has 1 aromatic rings. The van der Waals surface area contributed by atoms with Crippen molar-refractivity contribution in [3.05, 3.63) is 29.8 Å². The summed E-state index contributed by atoms with van der Waals surface area (Å²) in [5, 5.41) is 4.03. The van der Waals surface area contributed by atoms with Gasteiger partial charge in [-0.3, -0.25) is 4.79 Å². The molecule has 0 unspecified atom stereocenters. The largest absolute Gasteiger partial charge is 0.426 e. The Balaban J connectivity index is 3.03. The van der Waals surface area contributed by atoms with Crippen LogP contribution in [0.1, 0.15) is 38.7 Å². The van der Waals surface area contributed by atoms with Gasteiger partial charge in [0.2, 0.25) is 0 Å². The minimum Gasteiger partial charge on any atom is -0.426 e. The normalized spacial score (nSPS) is 11.2. The van der Waals surface area contributed by atoms with Gasteiger partial charge in [-0.05, 0) is 25.0 Å². The number of carbonyl (C=O) groups is 1. The topological polar surface area (TPSA) is 47.9 Å². The Kier molecular flexibility index (Phi) is 5.91. The number of carbonyl (C=O) groups excluding carboxylic acids is 1. The smallest absolute Gasteiger partial charge is 0.308 e. The zero-order chi connectivity index (χ0) is 13.4. The first-order chi connectivity index (χ1) is 8.69. The van der Waals surface area contributed by atoms with Gasteiger partial charge in [0.05, 0.1) is 5.71 Å². The van der Waals surface area contributed by atoms with E-state index in [1.54, 1.807) is 6.07 Å².